The molecule has 0 aromatic carbocycles. The van der Waals surface area contributed by atoms with Crippen molar-refractivity contribution in [1.29, 1.82) is 0 Å². The van der Waals surface area contributed by atoms with E-state index < -0.39 is 0 Å². The molecule has 2 N–H and O–H groups in total. The van der Waals surface area contributed by atoms with E-state index >= 15 is 0 Å². The van der Waals surface area contributed by atoms with Gasteiger partial charge in [-0.3, -0.25) is 9.59 Å². The van der Waals surface area contributed by atoms with Crippen molar-refractivity contribution in [3.05, 3.63) is 0 Å². The maximum atomic E-state index is 11.9. The molecule has 1 saturated heterocycles. The molecule has 2 atom stereocenters. The molecule has 1 fully saturated rings. The van der Waals surface area contributed by atoms with Crippen LogP contribution in [-0.4, -0.2) is 48.4 Å². The first-order valence-electron chi connectivity index (χ1n) is 5.75. The Balaban J connectivity index is 2.58. The van der Waals surface area contributed by atoms with Gasteiger partial charge in [0.05, 0.1) is 6.04 Å². The fourth-order valence-corrected chi connectivity index (χ4v) is 1.90. The lowest BCUT2D eigenvalue weighted by Gasteiger charge is -2.24. The molecule has 0 spiro atoms. The molecule has 1 aliphatic rings. The highest BCUT2D eigenvalue weighted by molar-refractivity contribution is 5.90. The van der Waals surface area contributed by atoms with Gasteiger partial charge in [0.15, 0.2) is 0 Å². The normalized spacial score (nSPS) is 22.7. The number of rotatable bonds is 4. The Hall–Kier alpha value is -1.10. The summed E-state index contributed by atoms with van der Waals surface area (Å²) in [5, 5.41) is 5.77. The molecule has 0 bridgehead atoms. The van der Waals surface area contributed by atoms with E-state index in [-0.39, 0.29) is 29.9 Å². The monoisotopic (exact) mass is 227 g/mol. The number of carbonyl (C=O) groups excluding carboxylic acids is 2. The molecule has 1 rings (SSSR count). The summed E-state index contributed by atoms with van der Waals surface area (Å²) in [7, 11) is 1.77. The Morgan fingerprint density at radius 3 is 2.50 bits per heavy atom. The molecule has 5 nitrogen and oxygen atoms in total. The van der Waals surface area contributed by atoms with E-state index in [1.807, 2.05) is 13.8 Å². The van der Waals surface area contributed by atoms with Crippen LogP contribution in [0.2, 0.25) is 0 Å². The summed E-state index contributed by atoms with van der Waals surface area (Å²) >= 11 is 0. The average Bonchev–Trinajstić information content (AvgIpc) is 2.57. The highest BCUT2D eigenvalue weighted by Gasteiger charge is 2.35. The van der Waals surface area contributed by atoms with Crippen LogP contribution in [-0.2, 0) is 9.59 Å². The molecule has 16 heavy (non-hydrogen) atoms. The summed E-state index contributed by atoms with van der Waals surface area (Å²) in [6.07, 6.45) is 0.772. The molecule has 92 valence electrons. The molecule has 1 aliphatic heterocycles. The van der Waals surface area contributed by atoms with E-state index in [4.69, 9.17) is 0 Å². The molecule has 0 aromatic heterocycles. The van der Waals surface area contributed by atoms with Gasteiger partial charge in [-0.25, -0.2) is 0 Å². The van der Waals surface area contributed by atoms with E-state index in [1.54, 1.807) is 18.9 Å². The van der Waals surface area contributed by atoms with Gasteiger partial charge in [0.2, 0.25) is 11.8 Å². The SMILES string of the molecule is CNC1CCN(C(C)C(=O)NC(C)C)C1=O. The van der Waals surface area contributed by atoms with Gasteiger partial charge >= 0.3 is 0 Å². The van der Waals surface area contributed by atoms with Gasteiger partial charge in [-0.05, 0) is 34.2 Å². The van der Waals surface area contributed by atoms with E-state index in [1.165, 1.54) is 0 Å². The Morgan fingerprint density at radius 1 is 1.44 bits per heavy atom. The molecule has 5 heteroatoms. The van der Waals surface area contributed by atoms with E-state index in [0.29, 0.717) is 6.54 Å². The average molecular weight is 227 g/mol. The fourth-order valence-electron chi connectivity index (χ4n) is 1.90. The molecule has 0 aromatic rings. The van der Waals surface area contributed by atoms with Crippen molar-refractivity contribution in [3.63, 3.8) is 0 Å². The third kappa shape index (κ3) is 2.72. The lowest BCUT2D eigenvalue weighted by molar-refractivity contribution is -0.137. The maximum Gasteiger partial charge on any atom is 0.242 e. The number of nitrogens with zero attached hydrogens (tertiary/aromatic N) is 1. The highest BCUT2D eigenvalue weighted by atomic mass is 16.2. The zero-order valence-electron chi connectivity index (χ0n) is 10.4. The molecular formula is C11H21N3O2. The largest absolute Gasteiger partial charge is 0.352 e. The third-order valence-corrected chi connectivity index (χ3v) is 2.87. The first-order valence-corrected chi connectivity index (χ1v) is 5.75. The number of likely N-dealkylation sites (N-methyl/N-ethyl adjacent to an activating group) is 1. The molecule has 0 aliphatic carbocycles. The number of hydrogen-bond acceptors (Lipinski definition) is 3. The summed E-state index contributed by atoms with van der Waals surface area (Å²) in [6, 6.07) is -0.407. The summed E-state index contributed by atoms with van der Waals surface area (Å²) in [4.78, 5) is 25.2. The number of likely N-dealkylation sites (tertiary alicyclic amines) is 1. The van der Waals surface area contributed by atoms with E-state index in [0.717, 1.165) is 6.42 Å². The topological polar surface area (TPSA) is 61.4 Å². The standard InChI is InChI=1S/C11H21N3O2/c1-7(2)13-10(15)8(3)14-6-5-9(12-4)11(14)16/h7-9,12H,5-6H2,1-4H3,(H,13,15). The molecule has 0 radical (unpaired) electrons. The first-order chi connectivity index (χ1) is 7.47. The highest BCUT2D eigenvalue weighted by Crippen LogP contribution is 2.14. The van der Waals surface area contributed by atoms with Gasteiger partial charge in [0, 0.05) is 12.6 Å². The molecule has 0 saturated carbocycles. The van der Waals surface area contributed by atoms with Crippen LogP contribution in [0.5, 0.6) is 0 Å². The minimum atomic E-state index is -0.381. The number of carbonyl (C=O) groups is 2. The van der Waals surface area contributed by atoms with Crippen LogP contribution in [0.15, 0.2) is 0 Å². The molecular weight excluding hydrogens is 206 g/mol. The number of nitrogens with one attached hydrogen (secondary N) is 2. The van der Waals surface area contributed by atoms with Crippen LogP contribution in [0, 0.1) is 0 Å². The fraction of sp³-hybridized carbons (Fsp3) is 0.818. The van der Waals surface area contributed by atoms with Gasteiger partial charge in [-0.1, -0.05) is 0 Å². The van der Waals surface area contributed by atoms with Gasteiger partial charge in [-0.15, -0.1) is 0 Å². The van der Waals surface area contributed by atoms with Gasteiger partial charge in [0.1, 0.15) is 6.04 Å². The van der Waals surface area contributed by atoms with Crippen molar-refractivity contribution in [3.8, 4) is 0 Å². The predicted octanol–water partition coefficient (Wildman–Crippen LogP) is -0.280. The number of hydrogen-bond donors (Lipinski definition) is 2. The lowest BCUT2D eigenvalue weighted by Crippen LogP contribution is -2.49. The van der Waals surface area contributed by atoms with Crippen LogP contribution < -0.4 is 10.6 Å². The van der Waals surface area contributed by atoms with Crippen molar-refractivity contribution < 1.29 is 9.59 Å². The van der Waals surface area contributed by atoms with Gasteiger partial charge in [-0.2, -0.15) is 0 Å². The van der Waals surface area contributed by atoms with Crippen molar-refractivity contribution in [1.82, 2.24) is 15.5 Å². The zero-order chi connectivity index (χ0) is 12.3. The summed E-state index contributed by atoms with van der Waals surface area (Å²) < 4.78 is 0. The Labute approximate surface area is 96.6 Å². The maximum absolute atomic E-state index is 11.9. The predicted molar refractivity (Wildman–Crippen MR) is 61.9 cm³/mol. The van der Waals surface area contributed by atoms with Crippen molar-refractivity contribution in [2.24, 2.45) is 0 Å². The second kappa shape index (κ2) is 5.30. The van der Waals surface area contributed by atoms with E-state index in [9.17, 15) is 9.59 Å². The molecule has 2 unspecified atom stereocenters. The Kier molecular flexibility index (Phi) is 4.29. The van der Waals surface area contributed by atoms with Gasteiger partial charge < -0.3 is 15.5 Å². The van der Waals surface area contributed by atoms with E-state index in [2.05, 4.69) is 10.6 Å². The van der Waals surface area contributed by atoms with Crippen LogP contribution >= 0.6 is 0 Å². The lowest BCUT2D eigenvalue weighted by atomic mass is 10.2. The smallest absolute Gasteiger partial charge is 0.242 e. The Bertz CT molecular complexity index is 278. The van der Waals surface area contributed by atoms with Gasteiger partial charge in [0.25, 0.3) is 0 Å². The molecule has 1 heterocycles. The third-order valence-electron chi connectivity index (χ3n) is 2.87. The van der Waals surface area contributed by atoms with Crippen LogP contribution in [0.3, 0.4) is 0 Å². The quantitative estimate of drug-likeness (QED) is 0.694. The minimum absolute atomic E-state index is 0.0221. The molecule has 2 amide bonds. The minimum Gasteiger partial charge on any atom is -0.352 e. The second-order valence-electron chi connectivity index (χ2n) is 4.50. The van der Waals surface area contributed by atoms with Crippen LogP contribution in [0.25, 0.3) is 0 Å². The number of amides is 2. The first kappa shape index (κ1) is 13.0. The van der Waals surface area contributed by atoms with Crippen LogP contribution in [0.4, 0.5) is 0 Å². The zero-order valence-corrected chi connectivity index (χ0v) is 10.4. The van der Waals surface area contributed by atoms with Crippen molar-refractivity contribution in [2.45, 2.75) is 45.3 Å². The summed E-state index contributed by atoms with van der Waals surface area (Å²) in [5.41, 5.74) is 0. The summed E-state index contributed by atoms with van der Waals surface area (Å²) in [5.74, 6) is -0.0611. The Morgan fingerprint density at radius 2 is 2.06 bits per heavy atom. The van der Waals surface area contributed by atoms with Crippen LogP contribution in [0.1, 0.15) is 27.2 Å². The summed E-state index contributed by atoms with van der Waals surface area (Å²) in [6.45, 7) is 6.24. The second-order valence-corrected chi connectivity index (χ2v) is 4.50. The van der Waals surface area contributed by atoms with Crippen molar-refractivity contribution in [2.75, 3.05) is 13.6 Å². The van der Waals surface area contributed by atoms with Crippen molar-refractivity contribution >= 4 is 11.8 Å².